The standard InChI is InChI=1S/C7H10N4O3/c1-4-6(7(12)13)9-10-11(4)5-2-8-14-3-5/h5,8H,2-3H2,1H3,(H,12,13)/t5-/m1/s1. The van der Waals surface area contributed by atoms with E-state index in [2.05, 4.69) is 15.8 Å². The molecule has 0 aliphatic carbocycles. The highest BCUT2D eigenvalue weighted by Gasteiger charge is 2.23. The Morgan fingerprint density at radius 3 is 3.07 bits per heavy atom. The highest BCUT2D eigenvalue weighted by Crippen LogP contribution is 2.13. The molecule has 1 saturated heterocycles. The smallest absolute Gasteiger partial charge is 0.358 e. The monoisotopic (exact) mass is 198 g/mol. The first-order valence-corrected chi connectivity index (χ1v) is 4.20. The van der Waals surface area contributed by atoms with Gasteiger partial charge in [0.1, 0.15) is 0 Å². The maximum Gasteiger partial charge on any atom is 0.358 e. The van der Waals surface area contributed by atoms with Gasteiger partial charge in [0.25, 0.3) is 0 Å². The zero-order valence-electron chi connectivity index (χ0n) is 7.60. The van der Waals surface area contributed by atoms with Crippen LogP contribution < -0.4 is 5.48 Å². The van der Waals surface area contributed by atoms with Crippen LogP contribution in [0.25, 0.3) is 0 Å². The summed E-state index contributed by atoms with van der Waals surface area (Å²) in [6.45, 7) is 2.77. The third kappa shape index (κ3) is 1.36. The molecule has 2 N–H and O–H groups in total. The van der Waals surface area contributed by atoms with Crippen LogP contribution in [0.1, 0.15) is 22.2 Å². The van der Waals surface area contributed by atoms with Crippen LogP contribution in [0.2, 0.25) is 0 Å². The molecule has 0 bridgehead atoms. The molecular formula is C7H10N4O3. The first-order valence-electron chi connectivity index (χ1n) is 4.20. The first-order chi connectivity index (χ1) is 6.70. The predicted molar refractivity (Wildman–Crippen MR) is 44.7 cm³/mol. The number of hydrogen-bond donors (Lipinski definition) is 2. The summed E-state index contributed by atoms with van der Waals surface area (Å²) in [6, 6.07) is 0.0237. The van der Waals surface area contributed by atoms with Gasteiger partial charge in [-0.1, -0.05) is 5.21 Å². The fourth-order valence-corrected chi connectivity index (χ4v) is 1.41. The number of hydroxylamine groups is 1. The molecule has 0 spiro atoms. The van der Waals surface area contributed by atoms with Crippen LogP contribution in [0.3, 0.4) is 0 Å². The lowest BCUT2D eigenvalue weighted by atomic mass is 10.3. The molecule has 1 aliphatic heterocycles. The molecule has 7 nitrogen and oxygen atoms in total. The quantitative estimate of drug-likeness (QED) is 0.657. The molecule has 0 amide bonds. The zero-order valence-corrected chi connectivity index (χ0v) is 7.60. The van der Waals surface area contributed by atoms with Crippen LogP contribution in [-0.2, 0) is 4.84 Å². The average Bonchev–Trinajstić information content (AvgIpc) is 2.71. The van der Waals surface area contributed by atoms with Crippen molar-refractivity contribution in [2.24, 2.45) is 0 Å². The molecule has 1 aliphatic rings. The second-order valence-electron chi connectivity index (χ2n) is 3.09. The number of aromatic nitrogens is 3. The maximum atomic E-state index is 10.7. The van der Waals surface area contributed by atoms with Gasteiger partial charge in [-0.15, -0.1) is 5.10 Å². The number of nitrogens with one attached hydrogen (secondary N) is 1. The maximum absolute atomic E-state index is 10.7. The van der Waals surface area contributed by atoms with E-state index in [1.807, 2.05) is 0 Å². The molecule has 1 aromatic heterocycles. The van der Waals surface area contributed by atoms with Crippen LogP contribution in [0.5, 0.6) is 0 Å². The van der Waals surface area contributed by atoms with Gasteiger partial charge in [0.05, 0.1) is 18.3 Å². The van der Waals surface area contributed by atoms with E-state index in [-0.39, 0.29) is 11.7 Å². The van der Waals surface area contributed by atoms with E-state index in [9.17, 15) is 4.79 Å². The number of carbonyl (C=O) groups is 1. The second kappa shape index (κ2) is 3.35. The Morgan fingerprint density at radius 1 is 1.79 bits per heavy atom. The van der Waals surface area contributed by atoms with Gasteiger partial charge in [-0.2, -0.15) is 0 Å². The molecule has 1 fully saturated rings. The molecule has 2 rings (SSSR count). The topological polar surface area (TPSA) is 89.3 Å². The Morgan fingerprint density at radius 2 is 2.57 bits per heavy atom. The lowest BCUT2D eigenvalue weighted by Crippen LogP contribution is -2.17. The molecule has 2 heterocycles. The SMILES string of the molecule is Cc1c(C(=O)O)nnn1[C@@H]1CNOC1. The van der Waals surface area contributed by atoms with Crippen molar-refractivity contribution in [3.8, 4) is 0 Å². The third-order valence-electron chi connectivity index (χ3n) is 2.17. The van der Waals surface area contributed by atoms with E-state index in [0.29, 0.717) is 18.8 Å². The van der Waals surface area contributed by atoms with Gasteiger partial charge in [-0.05, 0) is 6.92 Å². The predicted octanol–water partition coefficient (Wildman–Crippen LogP) is -0.639. The lowest BCUT2D eigenvalue weighted by Gasteiger charge is -2.07. The molecule has 7 heteroatoms. The van der Waals surface area contributed by atoms with Crippen molar-refractivity contribution in [1.29, 1.82) is 0 Å². The summed E-state index contributed by atoms with van der Waals surface area (Å²) in [5, 5.41) is 16.1. The summed E-state index contributed by atoms with van der Waals surface area (Å²) >= 11 is 0. The van der Waals surface area contributed by atoms with Gasteiger partial charge < -0.3 is 5.11 Å². The fourth-order valence-electron chi connectivity index (χ4n) is 1.41. The molecule has 1 atom stereocenters. The van der Waals surface area contributed by atoms with E-state index in [1.54, 1.807) is 11.6 Å². The molecule has 0 aromatic carbocycles. The van der Waals surface area contributed by atoms with Crippen LogP contribution in [0, 0.1) is 6.92 Å². The van der Waals surface area contributed by atoms with Crippen molar-refractivity contribution in [2.45, 2.75) is 13.0 Å². The summed E-state index contributed by atoms with van der Waals surface area (Å²) in [6.07, 6.45) is 0. The number of carboxylic acid groups (broad SMARTS) is 1. The van der Waals surface area contributed by atoms with E-state index in [4.69, 9.17) is 9.94 Å². The van der Waals surface area contributed by atoms with Crippen molar-refractivity contribution < 1.29 is 14.7 Å². The Bertz CT molecular complexity index is 356. The van der Waals surface area contributed by atoms with E-state index in [1.165, 1.54) is 0 Å². The molecule has 0 radical (unpaired) electrons. The Hall–Kier alpha value is -1.47. The van der Waals surface area contributed by atoms with Crippen LogP contribution in [0.15, 0.2) is 0 Å². The molecule has 0 unspecified atom stereocenters. The second-order valence-corrected chi connectivity index (χ2v) is 3.09. The minimum absolute atomic E-state index is 0.00287. The van der Waals surface area contributed by atoms with Crippen LogP contribution in [-0.4, -0.2) is 39.2 Å². The number of hydrogen-bond acceptors (Lipinski definition) is 5. The van der Waals surface area contributed by atoms with Gasteiger partial charge in [0.2, 0.25) is 0 Å². The number of aromatic carboxylic acids is 1. The number of rotatable bonds is 2. The van der Waals surface area contributed by atoms with E-state index in [0.717, 1.165) is 0 Å². The number of nitrogens with zero attached hydrogens (tertiary/aromatic N) is 3. The van der Waals surface area contributed by atoms with E-state index >= 15 is 0 Å². The summed E-state index contributed by atoms with van der Waals surface area (Å²) < 4.78 is 1.57. The van der Waals surface area contributed by atoms with Gasteiger partial charge in [0.15, 0.2) is 5.69 Å². The van der Waals surface area contributed by atoms with Crippen molar-refractivity contribution >= 4 is 5.97 Å². The van der Waals surface area contributed by atoms with Crippen molar-refractivity contribution in [3.63, 3.8) is 0 Å². The van der Waals surface area contributed by atoms with Crippen molar-refractivity contribution in [1.82, 2.24) is 20.5 Å². The summed E-state index contributed by atoms with van der Waals surface area (Å²) in [5.41, 5.74) is 3.25. The average molecular weight is 198 g/mol. The van der Waals surface area contributed by atoms with Crippen LogP contribution in [0.4, 0.5) is 0 Å². The van der Waals surface area contributed by atoms with Gasteiger partial charge in [-0.25, -0.2) is 15.0 Å². The molecule has 76 valence electrons. The highest BCUT2D eigenvalue weighted by atomic mass is 16.7. The Labute approximate surface area is 79.6 Å². The summed E-state index contributed by atoms with van der Waals surface area (Å²) in [5.74, 6) is -1.05. The summed E-state index contributed by atoms with van der Waals surface area (Å²) in [7, 11) is 0. The molecule has 14 heavy (non-hydrogen) atoms. The Balaban J connectivity index is 2.30. The molecule has 1 aromatic rings. The molecular weight excluding hydrogens is 188 g/mol. The third-order valence-corrected chi connectivity index (χ3v) is 2.17. The zero-order chi connectivity index (χ0) is 10.1. The van der Waals surface area contributed by atoms with Crippen molar-refractivity contribution in [2.75, 3.05) is 13.2 Å². The lowest BCUT2D eigenvalue weighted by molar-refractivity contribution is 0.0689. The van der Waals surface area contributed by atoms with E-state index < -0.39 is 5.97 Å². The van der Waals surface area contributed by atoms with Gasteiger partial charge in [-0.3, -0.25) is 4.84 Å². The van der Waals surface area contributed by atoms with Gasteiger partial charge in [0, 0.05) is 6.54 Å². The fraction of sp³-hybridized carbons (Fsp3) is 0.571. The van der Waals surface area contributed by atoms with Crippen molar-refractivity contribution in [3.05, 3.63) is 11.4 Å². The first kappa shape index (κ1) is 9.10. The Kier molecular flexibility index (Phi) is 2.18. The minimum atomic E-state index is -1.05. The highest BCUT2D eigenvalue weighted by molar-refractivity contribution is 5.86. The normalized spacial score (nSPS) is 21.4. The summed E-state index contributed by atoms with van der Waals surface area (Å²) in [4.78, 5) is 15.6. The largest absolute Gasteiger partial charge is 0.476 e. The number of carboxylic acids is 1. The van der Waals surface area contributed by atoms with Gasteiger partial charge >= 0.3 is 5.97 Å². The molecule has 0 saturated carbocycles. The van der Waals surface area contributed by atoms with Crippen LogP contribution >= 0.6 is 0 Å². The minimum Gasteiger partial charge on any atom is -0.476 e.